The van der Waals surface area contributed by atoms with Crippen molar-refractivity contribution in [3.63, 3.8) is 0 Å². The van der Waals surface area contributed by atoms with Gasteiger partial charge in [0.25, 0.3) is 0 Å². The molecule has 0 saturated heterocycles. The van der Waals surface area contributed by atoms with Crippen molar-refractivity contribution in [2.45, 2.75) is 38.8 Å². The van der Waals surface area contributed by atoms with E-state index in [2.05, 4.69) is 4.72 Å². The fourth-order valence-corrected chi connectivity index (χ4v) is 3.48. The molecule has 3 N–H and O–H groups in total. The Bertz CT molecular complexity index is 748. The van der Waals surface area contributed by atoms with Gasteiger partial charge >= 0.3 is 0 Å². The fraction of sp³-hybridized carbons (Fsp3) is 0.333. The lowest BCUT2D eigenvalue weighted by Gasteiger charge is -2.12. The summed E-state index contributed by atoms with van der Waals surface area (Å²) in [5.74, 6) is 1.33. The Morgan fingerprint density at radius 3 is 2.48 bits per heavy atom. The minimum absolute atomic E-state index is 0.127. The van der Waals surface area contributed by atoms with Gasteiger partial charge < -0.3 is 10.2 Å². The SMILES string of the molecule is Cc1ccc(CNS(=O)(=O)c2cc(CN)cc(C)c2C)o1. The number of nitrogens with two attached hydrogens (primary N) is 1. The molecule has 6 heteroatoms. The topological polar surface area (TPSA) is 85.3 Å². The van der Waals surface area contributed by atoms with Crippen LogP contribution in [0.4, 0.5) is 0 Å². The van der Waals surface area contributed by atoms with E-state index < -0.39 is 10.0 Å². The van der Waals surface area contributed by atoms with Gasteiger partial charge in [0.15, 0.2) is 0 Å². The van der Waals surface area contributed by atoms with Gasteiger partial charge in [-0.3, -0.25) is 0 Å². The maximum atomic E-state index is 12.5. The van der Waals surface area contributed by atoms with E-state index in [1.807, 2.05) is 19.9 Å². The number of hydrogen-bond acceptors (Lipinski definition) is 4. The predicted molar refractivity (Wildman–Crippen MR) is 81.3 cm³/mol. The van der Waals surface area contributed by atoms with Crippen molar-refractivity contribution in [2.75, 3.05) is 0 Å². The Morgan fingerprint density at radius 2 is 1.90 bits per heavy atom. The third-order valence-electron chi connectivity index (χ3n) is 3.44. The van der Waals surface area contributed by atoms with E-state index in [-0.39, 0.29) is 11.4 Å². The molecule has 0 amide bonds. The Hall–Kier alpha value is -1.63. The molecule has 0 fully saturated rings. The summed E-state index contributed by atoms with van der Waals surface area (Å²) in [6.07, 6.45) is 0. The molecule has 0 radical (unpaired) electrons. The lowest BCUT2D eigenvalue weighted by molar-refractivity contribution is 0.475. The van der Waals surface area contributed by atoms with E-state index in [1.54, 1.807) is 25.1 Å². The van der Waals surface area contributed by atoms with Crippen molar-refractivity contribution in [3.8, 4) is 0 Å². The summed E-state index contributed by atoms with van der Waals surface area (Å²) in [6, 6.07) is 7.09. The van der Waals surface area contributed by atoms with Crippen LogP contribution in [0.1, 0.15) is 28.2 Å². The van der Waals surface area contributed by atoms with Crippen LogP contribution < -0.4 is 10.5 Å². The van der Waals surface area contributed by atoms with Crippen LogP contribution in [0.15, 0.2) is 33.6 Å². The van der Waals surface area contributed by atoms with Gasteiger partial charge in [0, 0.05) is 6.54 Å². The maximum absolute atomic E-state index is 12.5. The van der Waals surface area contributed by atoms with Crippen molar-refractivity contribution in [1.29, 1.82) is 0 Å². The average molecular weight is 308 g/mol. The fourth-order valence-electron chi connectivity index (χ4n) is 2.12. The first-order valence-corrected chi connectivity index (χ1v) is 8.17. The second kappa shape index (κ2) is 6.01. The van der Waals surface area contributed by atoms with Crippen LogP contribution in [0.25, 0.3) is 0 Å². The molecule has 2 rings (SSSR count). The van der Waals surface area contributed by atoms with Crippen LogP contribution in [0.5, 0.6) is 0 Å². The standard InChI is InChI=1S/C15H20N2O3S/c1-10-6-13(8-16)7-15(12(10)3)21(18,19)17-9-14-5-4-11(2)20-14/h4-7,17H,8-9,16H2,1-3H3. The van der Waals surface area contributed by atoms with Crippen molar-refractivity contribution in [3.05, 3.63) is 52.5 Å². The third-order valence-corrected chi connectivity index (χ3v) is 4.96. The van der Waals surface area contributed by atoms with E-state index in [4.69, 9.17) is 10.2 Å². The summed E-state index contributed by atoms with van der Waals surface area (Å²) in [4.78, 5) is 0.270. The summed E-state index contributed by atoms with van der Waals surface area (Å²) in [7, 11) is -3.60. The first kappa shape index (κ1) is 15.8. The summed E-state index contributed by atoms with van der Waals surface area (Å²) in [5.41, 5.74) is 8.06. The van der Waals surface area contributed by atoms with Crippen LogP contribution in [0, 0.1) is 20.8 Å². The quantitative estimate of drug-likeness (QED) is 0.886. The van der Waals surface area contributed by atoms with Gasteiger partial charge in [0.1, 0.15) is 11.5 Å². The molecule has 0 atom stereocenters. The Morgan fingerprint density at radius 1 is 1.19 bits per heavy atom. The Kier molecular flexibility index (Phi) is 4.51. The minimum atomic E-state index is -3.60. The van der Waals surface area contributed by atoms with Crippen molar-refractivity contribution >= 4 is 10.0 Å². The second-order valence-corrected chi connectivity index (χ2v) is 6.81. The molecule has 1 aromatic heterocycles. The Labute approximate surface area is 125 Å². The van der Waals surface area contributed by atoms with Gasteiger partial charge in [0.05, 0.1) is 11.4 Å². The lowest BCUT2D eigenvalue weighted by Crippen LogP contribution is -2.24. The average Bonchev–Trinajstić information content (AvgIpc) is 2.85. The number of benzene rings is 1. The van der Waals surface area contributed by atoms with E-state index in [1.165, 1.54) is 0 Å². The number of hydrogen-bond donors (Lipinski definition) is 2. The first-order chi connectivity index (χ1) is 9.83. The molecule has 0 spiro atoms. The molecule has 0 aliphatic heterocycles. The molecule has 0 bridgehead atoms. The monoisotopic (exact) mass is 308 g/mol. The highest BCUT2D eigenvalue weighted by molar-refractivity contribution is 7.89. The van der Waals surface area contributed by atoms with Crippen LogP contribution in [0.2, 0.25) is 0 Å². The molecular formula is C15H20N2O3S. The van der Waals surface area contributed by atoms with Crippen LogP contribution >= 0.6 is 0 Å². The number of aryl methyl sites for hydroxylation is 2. The van der Waals surface area contributed by atoms with E-state index in [0.717, 1.165) is 22.5 Å². The molecule has 21 heavy (non-hydrogen) atoms. The number of furan rings is 1. The number of rotatable bonds is 5. The third kappa shape index (κ3) is 3.53. The molecule has 1 heterocycles. The predicted octanol–water partition coefficient (Wildman–Crippen LogP) is 2.14. The van der Waals surface area contributed by atoms with Gasteiger partial charge in [-0.1, -0.05) is 6.07 Å². The molecule has 5 nitrogen and oxygen atoms in total. The first-order valence-electron chi connectivity index (χ1n) is 6.68. The normalized spacial score (nSPS) is 11.8. The maximum Gasteiger partial charge on any atom is 0.241 e. The molecule has 0 saturated carbocycles. The molecule has 0 aliphatic carbocycles. The molecule has 1 aromatic carbocycles. The van der Waals surface area contributed by atoms with Crippen molar-refractivity contribution in [2.24, 2.45) is 5.73 Å². The van der Waals surface area contributed by atoms with E-state index in [9.17, 15) is 8.42 Å². The molecular weight excluding hydrogens is 288 g/mol. The van der Waals surface area contributed by atoms with Gasteiger partial charge in [-0.15, -0.1) is 0 Å². The van der Waals surface area contributed by atoms with Gasteiger partial charge in [-0.2, -0.15) is 0 Å². The smallest absolute Gasteiger partial charge is 0.241 e. The zero-order chi connectivity index (χ0) is 15.6. The summed E-state index contributed by atoms with van der Waals surface area (Å²) in [5, 5.41) is 0. The highest BCUT2D eigenvalue weighted by Crippen LogP contribution is 2.21. The largest absolute Gasteiger partial charge is 0.465 e. The molecule has 0 aliphatic rings. The van der Waals surface area contributed by atoms with Crippen LogP contribution in [0.3, 0.4) is 0 Å². The van der Waals surface area contributed by atoms with Crippen LogP contribution in [-0.2, 0) is 23.1 Å². The molecule has 114 valence electrons. The molecule has 2 aromatic rings. The highest BCUT2D eigenvalue weighted by atomic mass is 32.2. The van der Waals surface area contributed by atoms with Crippen molar-refractivity contribution in [1.82, 2.24) is 4.72 Å². The second-order valence-electron chi connectivity index (χ2n) is 5.08. The zero-order valence-corrected chi connectivity index (χ0v) is 13.3. The molecule has 0 unspecified atom stereocenters. The van der Waals surface area contributed by atoms with Gasteiger partial charge in [-0.05, 0) is 55.7 Å². The van der Waals surface area contributed by atoms with Gasteiger partial charge in [0.2, 0.25) is 10.0 Å². The Balaban J connectivity index is 2.29. The van der Waals surface area contributed by atoms with Crippen LogP contribution in [-0.4, -0.2) is 8.42 Å². The van der Waals surface area contributed by atoms with E-state index in [0.29, 0.717) is 12.3 Å². The zero-order valence-electron chi connectivity index (χ0n) is 12.4. The summed E-state index contributed by atoms with van der Waals surface area (Å²) in [6.45, 7) is 5.92. The summed E-state index contributed by atoms with van der Waals surface area (Å²) < 4.78 is 32.8. The number of sulfonamides is 1. The minimum Gasteiger partial charge on any atom is -0.465 e. The van der Waals surface area contributed by atoms with Crippen molar-refractivity contribution < 1.29 is 12.8 Å². The summed E-state index contributed by atoms with van der Waals surface area (Å²) >= 11 is 0. The van der Waals surface area contributed by atoms with E-state index >= 15 is 0 Å². The number of nitrogens with one attached hydrogen (secondary N) is 1. The lowest BCUT2D eigenvalue weighted by atomic mass is 10.1. The van der Waals surface area contributed by atoms with Gasteiger partial charge in [-0.25, -0.2) is 13.1 Å². The highest BCUT2D eigenvalue weighted by Gasteiger charge is 2.19.